The van der Waals surface area contributed by atoms with Gasteiger partial charge in [0.15, 0.2) is 0 Å². The van der Waals surface area contributed by atoms with Crippen LogP contribution in [0.15, 0.2) is 12.3 Å². The minimum absolute atomic E-state index is 0.397. The molecule has 2 aliphatic rings. The summed E-state index contributed by atoms with van der Waals surface area (Å²) < 4.78 is 5.34. The molecule has 0 unspecified atom stereocenters. The highest BCUT2D eigenvalue weighted by Gasteiger charge is 2.21. The number of fused-ring (bicyclic) bond motifs is 1. The first-order chi connectivity index (χ1) is 9.72. The van der Waals surface area contributed by atoms with E-state index in [0.717, 1.165) is 49.4 Å². The molecule has 2 aliphatic heterocycles. The molecular formula is C14H19N3O3. The zero-order valence-electron chi connectivity index (χ0n) is 11.3. The van der Waals surface area contributed by atoms with Gasteiger partial charge in [-0.25, -0.2) is 9.78 Å². The molecule has 1 saturated heterocycles. The SMILES string of the molecule is O=C(O)N1CCc2cnc(NC3CCOCC3)cc2C1. The summed E-state index contributed by atoms with van der Waals surface area (Å²) in [5.74, 6) is 0.836. The zero-order valence-corrected chi connectivity index (χ0v) is 11.3. The van der Waals surface area contributed by atoms with Crippen molar-refractivity contribution in [1.82, 2.24) is 9.88 Å². The average Bonchev–Trinajstić information content (AvgIpc) is 2.47. The topological polar surface area (TPSA) is 74.7 Å². The average molecular weight is 277 g/mol. The Bertz CT molecular complexity index is 500. The minimum atomic E-state index is -0.855. The number of nitrogens with zero attached hydrogens (tertiary/aromatic N) is 2. The number of nitrogens with one attached hydrogen (secondary N) is 1. The number of ether oxygens (including phenoxy) is 1. The lowest BCUT2D eigenvalue weighted by molar-refractivity contribution is 0.0904. The molecule has 1 fully saturated rings. The molecule has 0 bridgehead atoms. The molecular weight excluding hydrogens is 258 g/mol. The maximum atomic E-state index is 11.0. The molecule has 6 nitrogen and oxygen atoms in total. The second-order valence-corrected chi connectivity index (χ2v) is 5.32. The van der Waals surface area contributed by atoms with Gasteiger partial charge in [-0.15, -0.1) is 0 Å². The van der Waals surface area contributed by atoms with Gasteiger partial charge in [-0.1, -0.05) is 0 Å². The number of hydrogen-bond acceptors (Lipinski definition) is 4. The maximum absolute atomic E-state index is 11.0. The van der Waals surface area contributed by atoms with Crippen LogP contribution in [0.2, 0.25) is 0 Å². The van der Waals surface area contributed by atoms with E-state index in [2.05, 4.69) is 10.3 Å². The lowest BCUT2D eigenvalue weighted by Crippen LogP contribution is -2.35. The number of anilines is 1. The molecule has 0 aromatic carbocycles. The maximum Gasteiger partial charge on any atom is 0.407 e. The molecule has 2 N–H and O–H groups in total. The second-order valence-electron chi connectivity index (χ2n) is 5.32. The highest BCUT2D eigenvalue weighted by molar-refractivity contribution is 5.65. The van der Waals surface area contributed by atoms with Crippen LogP contribution < -0.4 is 5.32 Å². The monoisotopic (exact) mass is 277 g/mol. The van der Waals surface area contributed by atoms with Crippen LogP contribution in [0.1, 0.15) is 24.0 Å². The Kier molecular flexibility index (Phi) is 3.73. The van der Waals surface area contributed by atoms with Crippen molar-refractivity contribution in [3.63, 3.8) is 0 Å². The number of rotatable bonds is 2. The summed E-state index contributed by atoms with van der Waals surface area (Å²) in [5, 5.41) is 12.5. The highest BCUT2D eigenvalue weighted by Crippen LogP contribution is 2.22. The van der Waals surface area contributed by atoms with Crippen molar-refractivity contribution in [2.24, 2.45) is 0 Å². The van der Waals surface area contributed by atoms with Crippen LogP contribution in [-0.2, 0) is 17.7 Å². The van der Waals surface area contributed by atoms with E-state index in [-0.39, 0.29) is 0 Å². The summed E-state index contributed by atoms with van der Waals surface area (Å²) in [6.45, 7) is 2.58. The van der Waals surface area contributed by atoms with Crippen molar-refractivity contribution in [2.45, 2.75) is 31.8 Å². The van der Waals surface area contributed by atoms with E-state index in [9.17, 15) is 4.79 Å². The number of amides is 1. The molecule has 0 saturated carbocycles. The van der Waals surface area contributed by atoms with Crippen molar-refractivity contribution in [3.05, 3.63) is 23.4 Å². The molecule has 6 heteroatoms. The third kappa shape index (κ3) is 2.85. The Hall–Kier alpha value is -1.82. The highest BCUT2D eigenvalue weighted by atomic mass is 16.5. The van der Waals surface area contributed by atoms with E-state index < -0.39 is 6.09 Å². The Morgan fingerprint density at radius 3 is 2.95 bits per heavy atom. The predicted octanol–water partition coefficient (Wildman–Crippen LogP) is 1.71. The molecule has 1 aromatic heterocycles. The second kappa shape index (κ2) is 5.66. The molecule has 0 aliphatic carbocycles. The van der Waals surface area contributed by atoms with E-state index in [4.69, 9.17) is 9.84 Å². The van der Waals surface area contributed by atoms with E-state index in [1.54, 1.807) is 0 Å². The van der Waals surface area contributed by atoms with Crippen LogP contribution >= 0.6 is 0 Å². The third-order valence-electron chi connectivity index (χ3n) is 3.94. The Morgan fingerprint density at radius 2 is 2.20 bits per heavy atom. The fourth-order valence-corrected chi connectivity index (χ4v) is 2.73. The molecule has 0 spiro atoms. The summed E-state index contributed by atoms with van der Waals surface area (Å²) in [7, 11) is 0. The molecule has 3 rings (SSSR count). The Balaban J connectivity index is 1.71. The van der Waals surface area contributed by atoms with Gasteiger partial charge in [0, 0.05) is 38.5 Å². The van der Waals surface area contributed by atoms with Crippen molar-refractivity contribution < 1.29 is 14.6 Å². The van der Waals surface area contributed by atoms with Gasteiger partial charge < -0.3 is 20.1 Å². The molecule has 0 atom stereocenters. The fourth-order valence-electron chi connectivity index (χ4n) is 2.73. The summed E-state index contributed by atoms with van der Waals surface area (Å²) in [6, 6.07) is 2.38. The molecule has 1 aromatic rings. The largest absolute Gasteiger partial charge is 0.465 e. The Morgan fingerprint density at radius 1 is 1.40 bits per heavy atom. The van der Waals surface area contributed by atoms with E-state index in [0.29, 0.717) is 19.1 Å². The van der Waals surface area contributed by atoms with Gasteiger partial charge in [0.1, 0.15) is 5.82 Å². The number of hydrogen-bond donors (Lipinski definition) is 2. The van der Waals surface area contributed by atoms with Crippen molar-refractivity contribution in [3.8, 4) is 0 Å². The van der Waals surface area contributed by atoms with Crippen LogP contribution in [0, 0.1) is 0 Å². The molecule has 108 valence electrons. The summed E-state index contributed by atoms with van der Waals surface area (Å²) in [6.07, 6.45) is 3.73. The number of carboxylic acid groups (broad SMARTS) is 1. The van der Waals surface area contributed by atoms with Gasteiger partial charge in [0.2, 0.25) is 0 Å². The minimum Gasteiger partial charge on any atom is -0.465 e. The van der Waals surface area contributed by atoms with Gasteiger partial charge in [-0.2, -0.15) is 0 Å². The predicted molar refractivity (Wildman–Crippen MR) is 73.8 cm³/mol. The molecule has 1 amide bonds. The number of pyridine rings is 1. The standard InChI is InChI=1S/C14H19N3O3/c18-14(19)17-4-1-10-8-15-13(7-11(10)9-17)16-12-2-5-20-6-3-12/h7-8,12H,1-6,9H2,(H,15,16)(H,18,19). The lowest BCUT2D eigenvalue weighted by Gasteiger charge is -2.27. The van der Waals surface area contributed by atoms with Gasteiger partial charge in [-0.3, -0.25) is 0 Å². The first-order valence-electron chi connectivity index (χ1n) is 7.02. The van der Waals surface area contributed by atoms with Gasteiger partial charge >= 0.3 is 6.09 Å². The zero-order chi connectivity index (χ0) is 13.9. The van der Waals surface area contributed by atoms with Crippen LogP contribution in [0.25, 0.3) is 0 Å². The number of aromatic nitrogens is 1. The van der Waals surface area contributed by atoms with E-state index >= 15 is 0 Å². The van der Waals surface area contributed by atoms with Gasteiger partial charge in [0.25, 0.3) is 0 Å². The molecule has 0 radical (unpaired) electrons. The normalized spacial score (nSPS) is 19.5. The number of carbonyl (C=O) groups is 1. The van der Waals surface area contributed by atoms with Crippen LogP contribution in [0.4, 0.5) is 10.6 Å². The first-order valence-corrected chi connectivity index (χ1v) is 7.02. The van der Waals surface area contributed by atoms with Crippen molar-refractivity contribution in [2.75, 3.05) is 25.1 Å². The fraction of sp³-hybridized carbons (Fsp3) is 0.571. The summed E-state index contributed by atoms with van der Waals surface area (Å²) in [5.41, 5.74) is 2.21. The first kappa shape index (κ1) is 13.2. The van der Waals surface area contributed by atoms with Gasteiger partial charge in [-0.05, 0) is 36.5 Å². The lowest BCUT2D eigenvalue weighted by atomic mass is 10.0. The Labute approximate surface area is 117 Å². The summed E-state index contributed by atoms with van der Waals surface area (Å²) in [4.78, 5) is 16.9. The van der Waals surface area contributed by atoms with Crippen LogP contribution in [-0.4, -0.2) is 46.9 Å². The summed E-state index contributed by atoms with van der Waals surface area (Å²) >= 11 is 0. The van der Waals surface area contributed by atoms with Crippen LogP contribution in [0.5, 0.6) is 0 Å². The van der Waals surface area contributed by atoms with E-state index in [1.807, 2.05) is 12.3 Å². The van der Waals surface area contributed by atoms with Crippen molar-refractivity contribution >= 4 is 11.9 Å². The smallest absolute Gasteiger partial charge is 0.407 e. The molecule has 3 heterocycles. The van der Waals surface area contributed by atoms with Crippen LogP contribution in [0.3, 0.4) is 0 Å². The third-order valence-corrected chi connectivity index (χ3v) is 3.94. The van der Waals surface area contributed by atoms with Gasteiger partial charge in [0.05, 0.1) is 0 Å². The van der Waals surface area contributed by atoms with E-state index in [1.165, 1.54) is 4.90 Å². The van der Waals surface area contributed by atoms with Crippen molar-refractivity contribution in [1.29, 1.82) is 0 Å². The molecule has 20 heavy (non-hydrogen) atoms. The quantitative estimate of drug-likeness (QED) is 0.860.